The van der Waals surface area contributed by atoms with Crippen LogP contribution in [-0.2, 0) is 0 Å². The first kappa shape index (κ1) is 19.2. The first-order valence-corrected chi connectivity index (χ1v) is 7.48. The summed E-state index contributed by atoms with van der Waals surface area (Å²) in [5.74, 6) is 2.93. The number of hydrogen-bond donors (Lipinski definition) is 0. The predicted octanol–water partition coefficient (Wildman–Crippen LogP) is 6.77. The SMILES string of the molecule is CC(C)c1cc(-c2ccccc2)cc(C(C)C)[o+]1.F[B-](F)(F)F. The lowest BCUT2D eigenvalue weighted by atomic mass is 10.0. The van der Waals surface area contributed by atoms with Crippen LogP contribution >= 0.6 is 0 Å². The van der Waals surface area contributed by atoms with Gasteiger partial charge in [-0.25, -0.2) is 4.42 Å². The van der Waals surface area contributed by atoms with Gasteiger partial charge in [0.15, 0.2) is 0 Å². The zero-order valence-electron chi connectivity index (χ0n) is 13.7. The van der Waals surface area contributed by atoms with Gasteiger partial charge >= 0.3 is 18.8 Å². The molecule has 1 heterocycles. The van der Waals surface area contributed by atoms with E-state index in [1.807, 2.05) is 6.07 Å². The maximum absolute atomic E-state index is 9.75. The van der Waals surface area contributed by atoms with Crippen LogP contribution in [0, 0.1) is 0 Å². The van der Waals surface area contributed by atoms with E-state index in [0.717, 1.165) is 11.5 Å². The molecule has 1 nitrogen and oxygen atoms in total. The van der Waals surface area contributed by atoms with Crippen molar-refractivity contribution in [2.24, 2.45) is 0 Å². The summed E-state index contributed by atoms with van der Waals surface area (Å²) in [4.78, 5) is 0. The summed E-state index contributed by atoms with van der Waals surface area (Å²) in [6.07, 6.45) is 0. The van der Waals surface area contributed by atoms with Gasteiger partial charge in [0.25, 0.3) is 0 Å². The maximum Gasteiger partial charge on any atom is 0.673 e. The van der Waals surface area contributed by atoms with Crippen LogP contribution in [0.4, 0.5) is 17.3 Å². The van der Waals surface area contributed by atoms with Crippen molar-refractivity contribution < 1.29 is 21.7 Å². The van der Waals surface area contributed by atoms with Crippen LogP contribution in [0.5, 0.6) is 0 Å². The van der Waals surface area contributed by atoms with Gasteiger partial charge in [-0.15, -0.1) is 0 Å². The lowest BCUT2D eigenvalue weighted by molar-refractivity contribution is 0.368. The Balaban J connectivity index is 0.000000463. The first-order valence-electron chi connectivity index (χ1n) is 7.48. The highest BCUT2D eigenvalue weighted by Gasteiger charge is 2.22. The van der Waals surface area contributed by atoms with Gasteiger partial charge in [-0.3, -0.25) is 0 Å². The van der Waals surface area contributed by atoms with Crippen molar-refractivity contribution in [1.82, 2.24) is 0 Å². The molecule has 6 heteroatoms. The first-order chi connectivity index (χ1) is 10.6. The molecule has 0 bridgehead atoms. The summed E-state index contributed by atoms with van der Waals surface area (Å²) in [6, 6.07) is 14.8. The van der Waals surface area contributed by atoms with E-state index < -0.39 is 7.25 Å². The predicted molar refractivity (Wildman–Crippen MR) is 86.9 cm³/mol. The van der Waals surface area contributed by atoms with Gasteiger partial charge in [-0.05, 0) is 11.1 Å². The molecule has 23 heavy (non-hydrogen) atoms. The standard InChI is InChI=1S/C17H21O.BF4/c1-12(2)16-10-15(11-17(18-16)13(3)4)14-8-6-5-7-9-14;2-1(3,4)5/h5-13H,1-4H3;/q+1;-1. The lowest BCUT2D eigenvalue weighted by Gasteiger charge is -2.04. The van der Waals surface area contributed by atoms with Crippen LogP contribution in [0.25, 0.3) is 11.1 Å². The fourth-order valence-corrected chi connectivity index (χ4v) is 1.91. The fraction of sp³-hybridized carbons (Fsp3) is 0.353. The van der Waals surface area contributed by atoms with Gasteiger partial charge in [-0.2, -0.15) is 0 Å². The Labute approximate surface area is 134 Å². The van der Waals surface area contributed by atoms with E-state index in [1.54, 1.807) is 0 Å². The van der Waals surface area contributed by atoms with Crippen LogP contribution in [-0.4, -0.2) is 7.25 Å². The van der Waals surface area contributed by atoms with Gasteiger partial charge in [0.05, 0.1) is 11.8 Å². The Morgan fingerprint density at radius 1 is 0.739 bits per heavy atom. The van der Waals surface area contributed by atoms with Crippen LogP contribution in [0.2, 0.25) is 0 Å². The molecule has 0 saturated carbocycles. The Kier molecular flexibility index (Phi) is 6.79. The van der Waals surface area contributed by atoms with Gasteiger partial charge in [0, 0.05) is 12.1 Å². The summed E-state index contributed by atoms with van der Waals surface area (Å²) in [7, 11) is -6.00. The molecule has 0 N–H and O–H groups in total. The van der Waals surface area contributed by atoms with E-state index in [1.165, 1.54) is 11.1 Å². The molecule has 0 spiro atoms. The van der Waals surface area contributed by atoms with Crippen LogP contribution in [0.1, 0.15) is 51.1 Å². The molecule has 126 valence electrons. The van der Waals surface area contributed by atoms with Gasteiger partial charge in [-0.1, -0.05) is 58.0 Å². The molecule has 1 aromatic heterocycles. The van der Waals surface area contributed by atoms with E-state index >= 15 is 0 Å². The average molecular weight is 328 g/mol. The third-order valence-corrected chi connectivity index (χ3v) is 3.08. The van der Waals surface area contributed by atoms with Gasteiger partial charge < -0.3 is 17.3 Å². The average Bonchev–Trinajstić information content (AvgIpc) is 2.46. The van der Waals surface area contributed by atoms with Crippen molar-refractivity contribution in [1.29, 1.82) is 0 Å². The topological polar surface area (TPSA) is 11.3 Å². The molecule has 0 aliphatic heterocycles. The molecule has 2 aromatic rings. The molecule has 0 saturated heterocycles. The summed E-state index contributed by atoms with van der Waals surface area (Å²) in [5, 5.41) is 0. The molecule has 2 rings (SSSR count). The molecule has 0 aliphatic carbocycles. The minimum absolute atomic E-state index is 0.408. The highest BCUT2D eigenvalue weighted by molar-refractivity contribution is 6.50. The summed E-state index contributed by atoms with van der Waals surface area (Å²) in [5.41, 5.74) is 2.49. The normalized spacial score (nSPS) is 11.4. The largest absolute Gasteiger partial charge is 0.673 e. The zero-order valence-corrected chi connectivity index (χ0v) is 13.7. The van der Waals surface area contributed by atoms with E-state index in [0.29, 0.717) is 11.8 Å². The molecular weight excluding hydrogens is 307 g/mol. The minimum atomic E-state index is -6.00. The Hall–Kier alpha value is -1.85. The molecule has 1 aromatic carbocycles. The fourth-order valence-electron chi connectivity index (χ4n) is 1.91. The second-order valence-corrected chi connectivity index (χ2v) is 5.82. The maximum atomic E-state index is 9.75. The van der Waals surface area contributed by atoms with Crippen LogP contribution < -0.4 is 0 Å². The smallest absolute Gasteiger partial charge is 0.418 e. The monoisotopic (exact) mass is 328 g/mol. The molecule has 0 fully saturated rings. The number of hydrogen-bond acceptors (Lipinski definition) is 0. The second-order valence-electron chi connectivity index (χ2n) is 5.82. The minimum Gasteiger partial charge on any atom is -0.418 e. The quantitative estimate of drug-likeness (QED) is 0.343. The number of rotatable bonds is 3. The van der Waals surface area contributed by atoms with Gasteiger partial charge in [0.2, 0.25) is 0 Å². The Bertz CT molecular complexity index is 577. The van der Waals surface area contributed by atoms with E-state index in [2.05, 4.69) is 64.1 Å². The summed E-state index contributed by atoms with van der Waals surface area (Å²) in [6.45, 7) is 8.66. The zero-order chi connectivity index (χ0) is 17.6. The molecule has 0 atom stereocenters. The molecule has 0 unspecified atom stereocenters. The van der Waals surface area contributed by atoms with Crippen LogP contribution in [0.3, 0.4) is 0 Å². The van der Waals surface area contributed by atoms with Crippen molar-refractivity contribution in [2.75, 3.05) is 0 Å². The highest BCUT2D eigenvalue weighted by Crippen LogP contribution is 2.28. The van der Waals surface area contributed by atoms with Gasteiger partial charge in [0.1, 0.15) is 0 Å². The molecular formula is C17H21BF4O. The summed E-state index contributed by atoms with van der Waals surface area (Å²) < 4.78 is 45.0. The van der Waals surface area contributed by atoms with E-state index in [4.69, 9.17) is 4.42 Å². The summed E-state index contributed by atoms with van der Waals surface area (Å²) >= 11 is 0. The third kappa shape index (κ3) is 7.31. The Morgan fingerprint density at radius 3 is 1.48 bits per heavy atom. The van der Waals surface area contributed by atoms with E-state index in [9.17, 15) is 17.3 Å². The molecule has 0 aliphatic rings. The highest BCUT2D eigenvalue weighted by atomic mass is 19.5. The van der Waals surface area contributed by atoms with Crippen molar-refractivity contribution >= 4 is 7.25 Å². The number of benzene rings is 1. The third-order valence-electron chi connectivity index (χ3n) is 3.08. The van der Waals surface area contributed by atoms with Crippen molar-refractivity contribution in [3.63, 3.8) is 0 Å². The lowest BCUT2D eigenvalue weighted by Crippen LogP contribution is -2.02. The van der Waals surface area contributed by atoms with Crippen LogP contribution in [0.15, 0.2) is 46.9 Å². The number of halogens is 4. The second kappa shape index (κ2) is 8.13. The Morgan fingerprint density at radius 2 is 1.13 bits per heavy atom. The van der Waals surface area contributed by atoms with E-state index in [-0.39, 0.29) is 0 Å². The van der Waals surface area contributed by atoms with Crippen molar-refractivity contribution in [3.05, 3.63) is 54.0 Å². The molecule has 0 radical (unpaired) electrons. The molecule has 0 amide bonds. The van der Waals surface area contributed by atoms with Crippen molar-refractivity contribution in [2.45, 2.75) is 39.5 Å². The van der Waals surface area contributed by atoms with Crippen molar-refractivity contribution in [3.8, 4) is 11.1 Å².